The van der Waals surface area contributed by atoms with Gasteiger partial charge in [0.15, 0.2) is 0 Å². The van der Waals surface area contributed by atoms with Crippen LogP contribution in [0.1, 0.15) is 10.6 Å². The maximum Gasteiger partial charge on any atom is 0.250 e. The molecule has 8 heteroatoms. The van der Waals surface area contributed by atoms with Crippen LogP contribution >= 0.6 is 22.7 Å². The SMILES string of the molecule is Cc1cc(-c2ccc(S(=O)(=O)NCc3cccs3)s2)n[nH]1. The molecule has 3 aromatic rings. The second-order valence-electron chi connectivity index (χ2n) is 4.46. The number of nitrogens with one attached hydrogen (secondary N) is 2. The maximum absolute atomic E-state index is 12.3. The Morgan fingerprint density at radius 3 is 2.86 bits per heavy atom. The van der Waals surface area contributed by atoms with Crippen LogP contribution in [0.25, 0.3) is 10.6 Å². The van der Waals surface area contributed by atoms with Gasteiger partial charge >= 0.3 is 0 Å². The molecule has 0 bridgehead atoms. The van der Waals surface area contributed by atoms with E-state index >= 15 is 0 Å². The Labute approximate surface area is 130 Å². The van der Waals surface area contributed by atoms with Crippen LogP contribution in [0.2, 0.25) is 0 Å². The molecule has 0 atom stereocenters. The number of rotatable bonds is 5. The number of thiophene rings is 2. The summed E-state index contributed by atoms with van der Waals surface area (Å²) < 4.78 is 27.4. The highest BCUT2D eigenvalue weighted by atomic mass is 32.2. The van der Waals surface area contributed by atoms with Crippen LogP contribution in [-0.4, -0.2) is 18.6 Å². The lowest BCUT2D eigenvalue weighted by Crippen LogP contribution is -2.21. The number of H-pyrrole nitrogens is 1. The smallest absolute Gasteiger partial charge is 0.250 e. The zero-order valence-corrected chi connectivity index (χ0v) is 13.6. The zero-order valence-electron chi connectivity index (χ0n) is 11.2. The average Bonchev–Trinajstić information content (AvgIpc) is 3.17. The maximum atomic E-state index is 12.3. The molecule has 5 nitrogen and oxygen atoms in total. The van der Waals surface area contributed by atoms with Crippen molar-refractivity contribution in [3.05, 3.63) is 46.3 Å². The van der Waals surface area contributed by atoms with Gasteiger partial charge in [-0.1, -0.05) is 6.07 Å². The number of hydrogen-bond acceptors (Lipinski definition) is 5. The fourth-order valence-electron chi connectivity index (χ4n) is 1.80. The van der Waals surface area contributed by atoms with Crippen molar-refractivity contribution in [1.29, 1.82) is 0 Å². The predicted octanol–water partition coefficient (Wildman–Crippen LogP) is 2.99. The second-order valence-corrected chi connectivity index (χ2v) is 8.57. The van der Waals surface area contributed by atoms with E-state index in [-0.39, 0.29) is 0 Å². The molecule has 0 spiro atoms. The van der Waals surface area contributed by atoms with E-state index in [0.717, 1.165) is 21.1 Å². The molecule has 21 heavy (non-hydrogen) atoms. The minimum absolute atomic E-state index is 0.301. The summed E-state index contributed by atoms with van der Waals surface area (Å²) in [5.41, 5.74) is 1.70. The van der Waals surface area contributed by atoms with Crippen molar-refractivity contribution >= 4 is 32.7 Å². The molecule has 3 heterocycles. The molecule has 110 valence electrons. The quantitative estimate of drug-likeness (QED) is 0.750. The molecule has 0 aliphatic carbocycles. The largest absolute Gasteiger partial charge is 0.282 e. The van der Waals surface area contributed by atoms with E-state index in [1.54, 1.807) is 12.1 Å². The molecule has 0 saturated carbocycles. The van der Waals surface area contributed by atoms with Gasteiger partial charge in [-0.15, -0.1) is 22.7 Å². The summed E-state index contributed by atoms with van der Waals surface area (Å²) in [6.45, 7) is 2.22. The molecule has 2 N–H and O–H groups in total. The Morgan fingerprint density at radius 2 is 2.19 bits per heavy atom. The Bertz CT molecular complexity index is 832. The Hall–Kier alpha value is -1.48. The van der Waals surface area contributed by atoms with Crippen LogP contribution in [0, 0.1) is 6.92 Å². The number of sulfonamides is 1. The first-order chi connectivity index (χ1) is 10.0. The van der Waals surface area contributed by atoms with E-state index in [2.05, 4.69) is 14.9 Å². The van der Waals surface area contributed by atoms with Gasteiger partial charge in [0.25, 0.3) is 0 Å². The van der Waals surface area contributed by atoms with Crippen molar-refractivity contribution in [2.24, 2.45) is 0 Å². The third-order valence-electron chi connectivity index (χ3n) is 2.82. The molecule has 0 amide bonds. The highest BCUT2D eigenvalue weighted by molar-refractivity contribution is 7.91. The van der Waals surface area contributed by atoms with Crippen LogP contribution in [0.4, 0.5) is 0 Å². The van der Waals surface area contributed by atoms with Crippen molar-refractivity contribution < 1.29 is 8.42 Å². The second kappa shape index (κ2) is 5.72. The van der Waals surface area contributed by atoms with Gasteiger partial charge in [-0.3, -0.25) is 5.10 Å². The molecule has 0 aromatic carbocycles. The first-order valence-corrected chi connectivity index (χ1v) is 9.37. The van der Waals surface area contributed by atoms with Gasteiger partial charge in [-0.25, -0.2) is 13.1 Å². The van der Waals surface area contributed by atoms with Gasteiger partial charge in [0.2, 0.25) is 10.0 Å². The van der Waals surface area contributed by atoms with Crippen LogP contribution in [-0.2, 0) is 16.6 Å². The summed E-state index contributed by atoms with van der Waals surface area (Å²) in [4.78, 5) is 1.81. The topological polar surface area (TPSA) is 74.8 Å². The van der Waals surface area contributed by atoms with Gasteiger partial charge in [0, 0.05) is 17.1 Å². The van der Waals surface area contributed by atoms with Gasteiger partial charge in [0.05, 0.1) is 4.88 Å². The van der Waals surface area contributed by atoms with Crippen molar-refractivity contribution in [3.63, 3.8) is 0 Å². The molecule has 3 rings (SSSR count). The van der Waals surface area contributed by atoms with Crippen LogP contribution in [0.15, 0.2) is 39.9 Å². The highest BCUT2D eigenvalue weighted by Crippen LogP contribution is 2.29. The van der Waals surface area contributed by atoms with Crippen LogP contribution < -0.4 is 4.72 Å². The fourth-order valence-corrected chi connectivity index (χ4v) is 4.85. The first kappa shape index (κ1) is 14.5. The lowest BCUT2D eigenvalue weighted by atomic mass is 10.3. The van der Waals surface area contributed by atoms with E-state index in [1.807, 2.05) is 30.5 Å². The van der Waals surface area contributed by atoms with E-state index in [4.69, 9.17) is 0 Å². The molecular formula is C13H13N3O2S3. The van der Waals surface area contributed by atoms with Gasteiger partial charge in [-0.2, -0.15) is 5.10 Å². The first-order valence-electron chi connectivity index (χ1n) is 6.19. The number of aromatic amines is 1. The minimum atomic E-state index is -3.48. The summed E-state index contributed by atoms with van der Waals surface area (Å²) in [7, 11) is -3.48. The lowest BCUT2D eigenvalue weighted by molar-refractivity contribution is 0.584. The van der Waals surface area contributed by atoms with Gasteiger partial charge in [-0.05, 0) is 36.6 Å². The van der Waals surface area contributed by atoms with Gasteiger partial charge < -0.3 is 0 Å². The average molecular weight is 339 g/mol. The Morgan fingerprint density at radius 1 is 1.33 bits per heavy atom. The summed E-state index contributed by atoms with van der Waals surface area (Å²) in [5.74, 6) is 0. The Balaban J connectivity index is 1.78. The van der Waals surface area contributed by atoms with Crippen molar-refractivity contribution in [3.8, 4) is 10.6 Å². The van der Waals surface area contributed by atoms with E-state index in [0.29, 0.717) is 10.8 Å². The van der Waals surface area contributed by atoms with E-state index in [9.17, 15) is 8.42 Å². The van der Waals surface area contributed by atoms with E-state index < -0.39 is 10.0 Å². The van der Waals surface area contributed by atoms with Crippen molar-refractivity contribution in [2.75, 3.05) is 0 Å². The number of aryl methyl sites for hydroxylation is 1. The molecular weight excluding hydrogens is 326 g/mol. The van der Waals surface area contributed by atoms with E-state index in [1.165, 1.54) is 22.7 Å². The third kappa shape index (κ3) is 3.24. The number of nitrogens with zero attached hydrogens (tertiary/aromatic N) is 1. The lowest BCUT2D eigenvalue weighted by Gasteiger charge is -2.02. The zero-order chi connectivity index (χ0) is 14.9. The molecule has 0 fully saturated rings. The summed E-state index contributed by atoms with van der Waals surface area (Å²) in [5, 5.41) is 8.92. The van der Waals surface area contributed by atoms with Crippen LogP contribution in [0.5, 0.6) is 0 Å². The normalized spacial score (nSPS) is 11.9. The molecule has 0 unspecified atom stereocenters. The van der Waals surface area contributed by atoms with Crippen molar-refractivity contribution in [1.82, 2.24) is 14.9 Å². The molecule has 3 aromatic heterocycles. The van der Waals surface area contributed by atoms with Crippen molar-refractivity contribution in [2.45, 2.75) is 17.7 Å². The minimum Gasteiger partial charge on any atom is -0.282 e. The van der Waals surface area contributed by atoms with Crippen LogP contribution in [0.3, 0.4) is 0 Å². The third-order valence-corrected chi connectivity index (χ3v) is 6.70. The monoisotopic (exact) mass is 339 g/mol. The summed E-state index contributed by atoms with van der Waals surface area (Å²) >= 11 is 2.74. The molecule has 0 radical (unpaired) electrons. The summed E-state index contributed by atoms with van der Waals surface area (Å²) in [6.07, 6.45) is 0. The number of hydrogen-bond donors (Lipinski definition) is 2. The fraction of sp³-hybridized carbons (Fsp3) is 0.154. The summed E-state index contributed by atoms with van der Waals surface area (Å²) in [6, 6.07) is 9.08. The van der Waals surface area contributed by atoms with Gasteiger partial charge in [0.1, 0.15) is 9.90 Å². The molecule has 0 saturated heterocycles. The number of aromatic nitrogens is 2. The Kier molecular flexibility index (Phi) is 3.94. The molecule has 0 aliphatic heterocycles. The molecule has 0 aliphatic rings. The standard InChI is InChI=1S/C13H13N3O2S3/c1-9-7-11(16-15-9)12-4-5-13(20-12)21(17,18)14-8-10-3-2-6-19-10/h2-7,14H,8H2,1H3,(H,15,16). The highest BCUT2D eigenvalue weighted by Gasteiger charge is 2.18. The predicted molar refractivity (Wildman–Crippen MR) is 85.0 cm³/mol.